The van der Waals surface area contributed by atoms with Gasteiger partial charge in [0.15, 0.2) is 0 Å². The van der Waals surface area contributed by atoms with Crippen LogP contribution in [-0.4, -0.2) is 34.9 Å². The fourth-order valence-electron chi connectivity index (χ4n) is 0.660. The third-order valence-electron chi connectivity index (χ3n) is 1.13. The summed E-state index contributed by atoms with van der Waals surface area (Å²) in [7, 11) is -3.28. The van der Waals surface area contributed by atoms with Crippen molar-refractivity contribution in [3.63, 3.8) is 0 Å². The van der Waals surface area contributed by atoms with E-state index in [4.69, 9.17) is 0 Å². The maximum atomic E-state index is 10.9. The molecule has 0 N–H and O–H groups in total. The Morgan fingerprint density at radius 1 is 1.55 bits per heavy atom. The second-order valence-electron chi connectivity index (χ2n) is 2.05. The van der Waals surface area contributed by atoms with Crippen molar-refractivity contribution < 1.29 is 8.42 Å². The highest BCUT2D eigenvalue weighted by atomic mass is 32.2. The minimum atomic E-state index is -3.28. The summed E-state index contributed by atoms with van der Waals surface area (Å²) in [4.78, 5) is 0. The Morgan fingerprint density at radius 2 is 2.18 bits per heavy atom. The van der Waals surface area contributed by atoms with Crippen molar-refractivity contribution in [3.05, 3.63) is 0 Å². The highest BCUT2D eigenvalue weighted by Gasteiger charge is 2.15. The lowest BCUT2D eigenvalue weighted by molar-refractivity contribution is 0.545. The van der Waals surface area contributed by atoms with Crippen molar-refractivity contribution in [1.82, 2.24) is 20.2 Å². The van der Waals surface area contributed by atoms with Crippen molar-refractivity contribution in [1.29, 1.82) is 0 Å². The molecule has 11 heavy (non-hydrogen) atoms. The van der Waals surface area contributed by atoms with Crippen LogP contribution in [0.2, 0.25) is 0 Å². The molecule has 0 unspecified atom stereocenters. The molecule has 0 amide bonds. The van der Waals surface area contributed by atoms with E-state index in [1.54, 1.807) is 6.92 Å². The molecule has 0 radical (unpaired) electrons. The number of nitrogens with zero attached hydrogens (tertiary/aromatic N) is 4. The lowest BCUT2D eigenvalue weighted by atomic mass is 10.8. The van der Waals surface area contributed by atoms with Gasteiger partial charge in [0.25, 0.3) is 5.16 Å². The summed E-state index contributed by atoms with van der Waals surface area (Å²) >= 11 is 0. The second-order valence-corrected chi connectivity index (χ2v) is 3.96. The first-order valence-corrected chi connectivity index (χ1v) is 4.91. The smallest absolute Gasteiger partial charge is 0.221 e. The van der Waals surface area contributed by atoms with Crippen LogP contribution in [0.5, 0.6) is 0 Å². The van der Waals surface area contributed by atoms with E-state index in [0.717, 1.165) is 6.26 Å². The van der Waals surface area contributed by atoms with Gasteiger partial charge >= 0.3 is 0 Å². The monoisotopic (exact) mass is 176 g/mol. The minimum absolute atomic E-state index is 0.0833. The number of hydrogen-bond donors (Lipinski definition) is 0. The Hall–Kier alpha value is -0.980. The zero-order valence-corrected chi connectivity index (χ0v) is 7.04. The van der Waals surface area contributed by atoms with Crippen molar-refractivity contribution >= 4 is 9.84 Å². The largest absolute Gasteiger partial charge is 0.267 e. The maximum Gasteiger partial charge on any atom is 0.267 e. The number of tetrazole rings is 1. The summed E-state index contributed by atoms with van der Waals surface area (Å²) in [5.41, 5.74) is 0. The van der Waals surface area contributed by atoms with Gasteiger partial charge in [0.2, 0.25) is 9.84 Å². The average molecular weight is 176 g/mol. The molecule has 62 valence electrons. The van der Waals surface area contributed by atoms with Gasteiger partial charge in [0.1, 0.15) is 0 Å². The van der Waals surface area contributed by atoms with Crippen molar-refractivity contribution in [3.8, 4) is 0 Å². The Kier molecular flexibility index (Phi) is 1.90. The lowest BCUT2D eigenvalue weighted by Crippen LogP contribution is -2.09. The molecule has 0 atom stereocenters. The van der Waals surface area contributed by atoms with Crippen LogP contribution in [0.25, 0.3) is 0 Å². The summed E-state index contributed by atoms with van der Waals surface area (Å²) in [6, 6.07) is 0. The molecule has 7 heteroatoms. The predicted octanol–water partition coefficient (Wildman–Crippen LogP) is -0.903. The number of sulfone groups is 1. The molecule has 0 saturated heterocycles. The van der Waals surface area contributed by atoms with Crippen molar-refractivity contribution in [2.24, 2.45) is 0 Å². The average Bonchev–Trinajstić information content (AvgIpc) is 2.31. The number of aryl methyl sites for hydroxylation is 1. The summed E-state index contributed by atoms with van der Waals surface area (Å²) in [5.74, 6) is 0. The highest BCUT2D eigenvalue weighted by Crippen LogP contribution is 2.00. The molecule has 1 rings (SSSR count). The van der Waals surface area contributed by atoms with Gasteiger partial charge in [-0.15, -0.1) is 0 Å². The molecule has 1 heterocycles. The number of hydrogen-bond acceptors (Lipinski definition) is 5. The molecular weight excluding hydrogens is 168 g/mol. The molecule has 0 aliphatic rings. The van der Waals surface area contributed by atoms with Gasteiger partial charge in [-0.05, 0) is 17.4 Å². The second kappa shape index (κ2) is 2.57. The van der Waals surface area contributed by atoms with Crippen LogP contribution in [0.4, 0.5) is 0 Å². The quantitative estimate of drug-likeness (QED) is 0.583. The van der Waals surface area contributed by atoms with E-state index in [1.807, 2.05) is 0 Å². The van der Waals surface area contributed by atoms with E-state index in [2.05, 4.69) is 15.5 Å². The topological polar surface area (TPSA) is 77.7 Å². The molecule has 0 aliphatic carbocycles. The zero-order chi connectivity index (χ0) is 8.48. The molecule has 0 spiro atoms. The van der Waals surface area contributed by atoms with Gasteiger partial charge in [0.05, 0.1) is 0 Å². The van der Waals surface area contributed by atoms with Crippen LogP contribution in [0.1, 0.15) is 6.92 Å². The summed E-state index contributed by atoms with van der Waals surface area (Å²) in [5, 5.41) is 10.0. The van der Waals surface area contributed by atoms with Gasteiger partial charge in [0, 0.05) is 12.8 Å². The van der Waals surface area contributed by atoms with Crippen LogP contribution in [0.3, 0.4) is 0 Å². The van der Waals surface area contributed by atoms with Crippen LogP contribution in [0.15, 0.2) is 5.16 Å². The number of rotatable bonds is 2. The number of aromatic nitrogens is 4. The van der Waals surface area contributed by atoms with Gasteiger partial charge in [-0.2, -0.15) is 0 Å². The van der Waals surface area contributed by atoms with Gasteiger partial charge < -0.3 is 0 Å². The van der Waals surface area contributed by atoms with Crippen LogP contribution in [-0.2, 0) is 16.4 Å². The molecule has 1 aromatic rings. The van der Waals surface area contributed by atoms with Gasteiger partial charge in [-0.3, -0.25) is 0 Å². The molecule has 6 nitrogen and oxygen atoms in total. The highest BCUT2D eigenvalue weighted by molar-refractivity contribution is 7.90. The Bertz CT molecular complexity index is 341. The molecule has 0 fully saturated rings. The fourth-order valence-corrected chi connectivity index (χ4v) is 1.39. The van der Waals surface area contributed by atoms with E-state index < -0.39 is 9.84 Å². The SMILES string of the molecule is CCn1nnnc1S(C)(=O)=O. The van der Waals surface area contributed by atoms with Gasteiger partial charge in [-0.25, -0.2) is 13.1 Å². The normalized spacial score (nSPS) is 11.8. The van der Waals surface area contributed by atoms with Crippen LogP contribution in [0, 0.1) is 0 Å². The minimum Gasteiger partial charge on any atom is -0.221 e. The van der Waals surface area contributed by atoms with E-state index in [1.165, 1.54) is 4.68 Å². The zero-order valence-electron chi connectivity index (χ0n) is 6.22. The predicted molar refractivity (Wildman–Crippen MR) is 36.6 cm³/mol. The van der Waals surface area contributed by atoms with E-state index >= 15 is 0 Å². The Balaban J connectivity index is 3.24. The Labute approximate surface area is 64.1 Å². The Morgan fingerprint density at radius 3 is 2.55 bits per heavy atom. The standard InChI is InChI=1S/C4H8N4O2S/c1-3-8-4(5-6-7-8)11(2,9)10/h3H2,1-2H3. The summed E-state index contributed by atoms with van der Waals surface area (Å²) in [6.07, 6.45) is 1.07. The molecule has 0 aliphatic heterocycles. The fraction of sp³-hybridized carbons (Fsp3) is 0.750. The van der Waals surface area contributed by atoms with Gasteiger partial charge in [-0.1, -0.05) is 5.10 Å². The van der Waals surface area contributed by atoms with Crippen molar-refractivity contribution in [2.45, 2.75) is 18.6 Å². The third kappa shape index (κ3) is 1.53. The summed E-state index contributed by atoms with van der Waals surface area (Å²) < 4.78 is 23.1. The molecule has 0 bridgehead atoms. The van der Waals surface area contributed by atoms with Crippen LogP contribution < -0.4 is 0 Å². The van der Waals surface area contributed by atoms with Crippen molar-refractivity contribution in [2.75, 3.05) is 6.26 Å². The molecule has 1 aromatic heterocycles. The van der Waals surface area contributed by atoms with E-state index in [9.17, 15) is 8.42 Å². The lowest BCUT2D eigenvalue weighted by Gasteiger charge is -1.95. The molecule has 0 aromatic carbocycles. The van der Waals surface area contributed by atoms with E-state index in [0.29, 0.717) is 6.54 Å². The van der Waals surface area contributed by atoms with E-state index in [-0.39, 0.29) is 5.16 Å². The maximum absolute atomic E-state index is 10.9. The first-order chi connectivity index (χ1) is 5.05. The molecule has 0 saturated carbocycles. The first kappa shape index (κ1) is 8.12. The molecular formula is C4H8N4O2S. The van der Waals surface area contributed by atoms with Crippen LogP contribution >= 0.6 is 0 Å². The third-order valence-corrected chi connectivity index (χ3v) is 2.09. The first-order valence-electron chi connectivity index (χ1n) is 3.02. The summed E-state index contributed by atoms with van der Waals surface area (Å²) in [6.45, 7) is 2.22.